The van der Waals surface area contributed by atoms with E-state index in [0.29, 0.717) is 12.1 Å². The number of alkyl halides is 3. The Hall–Kier alpha value is -3.69. The molecule has 0 heterocycles. The second-order valence-electron chi connectivity index (χ2n) is 8.85. The van der Waals surface area contributed by atoms with Crippen LogP contribution in [0.1, 0.15) is 44.3 Å². The lowest BCUT2D eigenvalue weighted by Gasteiger charge is -2.25. The molecule has 0 aliphatic rings. The Kier molecular flexibility index (Phi) is 9.43. The SMILES string of the molecule is Cc1ccc(CNCC(NC(=O)CNC(=O)c2cccc(C(F)(F)F)c2)C(O)c2ccccc2)c(C)c1. The van der Waals surface area contributed by atoms with Gasteiger partial charge in [0, 0.05) is 18.7 Å². The molecule has 0 aliphatic carbocycles. The van der Waals surface area contributed by atoms with Crippen molar-refractivity contribution in [3.05, 3.63) is 106 Å². The summed E-state index contributed by atoms with van der Waals surface area (Å²) < 4.78 is 38.8. The number of nitrogens with one attached hydrogen (secondary N) is 3. The van der Waals surface area contributed by atoms with Gasteiger partial charge in [-0.1, -0.05) is 60.2 Å². The number of hydrogen-bond acceptors (Lipinski definition) is 4. The standard InChI is InChI=1S/C28H30F3N3O3/c1-18-11-12-22(19(2)13-18)15-32-16-24(26(36)20-7-4-3-5-8-20)34-25(35)17-33-27(37)21-9-6-10-23(14-21)28(29,30)31/h3-14,24,26,32,36H,15-17H2,1-2H3,(H,33,37)(H,34,35). The molecule has 2 amide bonds. The third kappa shape index (κ3) is 8.16. The highest BCUT2D eigenvalue weighted by molar-refractivity contribution is 5.96. The monoisotopic (exact) mass is 513 g/mol. The average Bonchev–Trinajstić information content (AvgIpc) is 2.87. The first-order valence-electron chi connectivity index (χ1n) is 11.8. The van der Waals surface area contributed by atoms with Crippen molar-refractivity contribution < 1.29 is 27.9 Å². The summed E-state index contributed by atoms with van der Waals surface area (Å²) in [6, 6.07) is 18.2. The summed E-state index contributed by atoms with van der Waals surface area (Å²) in [6.07, 6.45) is -5.62. The molecule has 0 bridgehead atoms. The molecule has 0 saturated carbocycles. The van der Waals surface area contributed by atoms with Gasteiger partial charge in [0.15, 0.2) is 0 Å². The minimum Gasteiger partial charge on any atom is -0.386 e. The number of aliphatic hydroxyl groups is 1. The summed E-state index contributed by atoms with van der Waals surface area (Å²) in [5, 5.41) is 19.2. The summed E-state index contributed by atoms with van der Waals surface area (Å²) in [6.45, 7) is 4.31. The van der Waals surface area contributed by atoms with Gasteiger partial charge in [-0.3, -0.25) is 9.59 Å². The third-order valence-corrected chi connectivity index (χ3v) is 5.91. The molecule has 0 saturated heterocycles. The van der Waals surface area contributed by atoms with E-state index in [4.69, 9.17) is 0 Å². The molecule has 3 rings (SSSR count). The first-order valence-corrected chi connectivity index (χ1v) is 11.8. The van der Waals surface area contributed by atoms with Crippen molar-refractivity contribution in [2.24, 2.45) is 0 Å². The van der Waals surface area contributed by atoms with Crippen molar-refractivity contribution in [2.75, 3.05) is 13.1 Å². The summed E-state index contributed by atoms with van der Waals surface area (Å²) in [5.41, 5.74) is 2.79. The zero-order valence-electron chi connectivity index (χ0n) is 20.6. The number of hydrogen-bond donors (Lipinski definition) is 4. The molecular weight excluding hydrogens is 483 g/mol. The van der Waals surface area contributed by atoms with Crippen LogP contribution in [0.5, 0.6) is 0 Å². The maximum atomic E-state index is 12.9. The van der Waals surface area contributed by atoms with Crippen molar-refractivity contribution >= 4 is 11.8 Å². The third-order valence-electron chi connectivity index (χ3n) is 5.91. The van der Waals surface area contributed by atoms with Crippen LogP contribution in [-0.2, 0) is 17.5 Å². The molecule has 2 unspecified atom stereocenters. The van der Waals surface area contributed by atoms with Gasteiger partial charge in [0.05, 0.1) is 18.2 Å². The molecule has 0 aromatic heterocycles. The number of halogens is 3. The lowest BCUT2D eigenvalue weighted by atomic mass is 10.0. The Morgan fingerprint density at radius 1 is 0.946 bits per heavy atom. The summed E-state index contributed by atoms with van der Waals surface area (Å²) in [5.74, 6) is -1.40. The molecule has 4 N–H and O–H groups in total. The van der Waals surface area contributed by atoms with Crippen LogP contribution in [0.2, 0.25) is 0 Å². The van der Waals surface area contributed by atoms with Crippen molar-refractivity contribution in [1.29, 1.82) is 0 Å². The maximum absolute atomic E-state index is 12.9. The van der Waals surface area contributed by atoms with Crippen molar-refractivity contribution in [3.8, 4) is 0 Å². The number of aliphatic hydroxyl groups excluding tert-OH is 1. The molecule has 9 heteroatoms. The fourth-order valence-corrected chi connectivity index (χ4v) is 3.89. The zero-order valence-corrected chi connectivity index (χ0v) is 20.6. The number of carbonyl (C=O) groups is 2. The van der Waals surface area contributed by atoms with E-state index in [0.717, 1.165) is 34.9 Å². The van der Waals surface area contributed by atoms with Gasteiger partial charge in [-0.15, -0.1) is 0 Å². The quantitative estimate of drug-likeness (QED) is 0.329. The molecule has 6 nitrogen and oxygen atoms in total. The average molecular weight is 514 g/mol. The Labute approximate surface area is 213 Å². The van der Waals surface area contributed by atoms with Gasteiger partial charge in [-0.25, -0.2) is 0 Å². The van der Waals surface area contributed by atoms with E-state index in [1.54, 1.807) is 24.3 Å². The van der Waals surface area contributed by atoms with E-state index in [9.17, 15) is 27.9 Å². The Bertz CT molecular complexity index is 1220. The number of carbonyl (C=O) groups excluding carboxylic acids is 2. The zero-order chi connectivity index (χ0) is 27.0. The lowest BCUT2D eigenvalue weighted by molar-refractivity contribution is -0.137. The first kappa shape index (κ1) is 27.9. The summed E-state index contributed by atoms with van der Waals surface area (Å²) in [4.78, 5) is 25.0. The largest absolute Gasteiger partial charge is 0.416 e. The molecule has 2 atom stereocenters. The minimum absolute atomic E-state index is 0.210. The van der Waals surface area contributed by atoms with E-state index >= 15 is 0 Å². The van der Waals surface area contributed by atoms with Gasteiger partial charge < -0.3 is 21.1 Å². The van der Waals surface area contributed by atoms with Crippen molar-refractivity contribution in [2.45, 2.75) is 38.7 Å². The van der Waals surface area contributed by atoms with Crippen molar-refractivity contribution in [1.82, 2.24) is 16.0 Å². The predicted molar refractivity (Wildman–Crippen MR) is 135 cm³/mol. The number of benzene rings is 3. The van der Waals surface area contributed by atoms with Crippen LogP contribution >= 0.6 is 0 Å². The second kappa shape index (κ2) is 12.5. The van der Waals surface area contributed by atoms with Crippen LogP contribution in [0, 0.1) is 13.8 Å². The van der Waals surface area contributed by atoms with E-state index in [1.165, 1.54) is 6.07 Å². The normalized spacial score (nSPS) is 13.0. The van der Waals surface area contributed by atoms with Gasteiger partial charge in [0.1, 0.15) is 6.10 Å². The second-order valence-corrected chi connectivity index (χ2v) is 8.85. The fourth-order valence-electron chi connectivity index (χ4n) is 3.89. The highest BCUT2D eigenvalue weighted by atomic mass is 19.4. The molecule has 0 aliphatic heterocycles. The fraction of sp³-hybridized carbons (Fsp3) is 0.286. The van der Waals surface area contributed by atoms with Crippen LogP contribution in [0.3, 0.4) is 0 Å². The van der Waals surface area contributed by atoms with Gasteiger partial charge in [0.2, 0.25) is 5.91 Å². The lowest BCUT2D eigenvalue weighted by Crippen LogP contribution is -2.49. The molecular formula is C28H30F3N3O3. The first-order chi connectivity index (χ1) is 17.5. The summed E-state index contributed by atoms with van der Waals surface area (Å²) >= 11 is 0. The van der Waals surface area contributed by atoms with Crippen LogP contribution in [0.15, 0.2) is 72.8 Å². The van der Waals surface area contributed by atoms with E-state index in [1.807, 2.05) is 32.0 Å². The van der Waals surface area contributed by atoms with Gasteiger partial charge >= 0.3 is 6.18 Å². The van der Waals surface area contributed by atoms with Crippen LogP contribution in [0.4, 0.5) is 13.2 Å². The van der Waals surface area contributed by atoms with Crippen molar-refractivity contribution in [3.63, 3.8) is 0 Å². The smallest absolute Gasteiger partial charge is 0.386 e. The van der Waals surface area contributed by atoms with E-state index in [-0.39, 0.29) is 12.1 Å². The topological polar surface area (TPSA) is 90.5 Å². The molecule has 37 heavy (non-hydrogen) atoms. The van der Waals surface area contributed by atoms with Gasteiger partial charge in [-0.05, 0) is 48.7 Å². The van der Waals surface area contributed by atoms with Crippen LogP contribution < -0.4 is 16.0 Å². The van der Waals surface area contributed by atoms with Gasteiger partial charge in [-0.2, -0.15) is 13.2 Å². The molecule has 0 fully saturated rings. The van der Waals surface area contributed by atoms with E-state index < -0.39 is 42.2 Å². The number of amides is 2. The predicted octanol–water partition coefficient (Wildman–Crippen LogP) is 4.06. The molecule has 0 radical (unpaired) electrons. The van der Waals surface area contributed by atoms with Crippen LogP contribution in [0.25, 0.3) is 0 Å². The van der Waals surface area contributed by atoms with Crippen LogP contribution in [-0.4, -0.2) is 36.1 Å². The molecule has 3 aromatic rings. The van der Waals surface area contributed by atoms with Gasteiger partial charge in [0.25, 0.3) is 5.91 Å². The maximum Gasteiger partial charge on any atom is 0.416 e. The summed E-state index contributed by atoms with van der Waals surface area (Å²) in [7, 11) is 0. The Morgan fingerprint density at radius 3 is 2.35 bits per heavy atom. The Balaban J connectivity index is 1.63. The highest BCUT2D eigenvalue weighted by Crippen LogP contribution is 2.29. The minimum atomic E-state index is -4.58. The molecule has 0 spiro atoms. The highest BCUT2D eigenvalue weighted by Gasteiger charge is 2.31. The Morgan fingerprint density at radius 2 is 1.68 bits per heavy atom. The molecule has 3 aromatic carbocycles. The number of rotatable bonds is 10. The number of aryl methyl sites for hydroxylation is 2. The van der Waals surface area contributed by atoms with E-state index in [2.05, 4.69) is 22.0 Å². The molecule has 196 valence electrons.